The predicted octanol–water partition coefficient (Wildman–Crippen LogP) is 1.40. The van der Waals surface area contributed by atoms with Crippen LogP contribution in [-0.2, 0) is 22.6 Å². The summed E-state index contributed by atoms with van der Waals surface area (Å²) in [6, 6.07) is 10.2. The number of carbonyl (C=O) groups is 1. The van der Waals surface area contributed by atoms with Crippen molar-refractivity contribution in [2.45, 2.75) is 32.2 Å². The molecule has 3 heterocycles. The number of likely N-dealkylation sites (tertiary alicyclic amines) is 1. The molecule has 1 aromatic heterocycles. The molecule has 0 radical (unpaired) electrons. The number of hydrogen-bond donors (Lipinski definition) is 0. The van der Waals surface area contributed by atoms with E-state index in [-0.39, 0.29) is 24.7 Å². The van der Waals surface area contributed by atoms with E-state index in [9.17, 15) is 4.79 Å². The van der Waals surface area contributed by atoms with E-state index in [1.807, 2.05) is 36.2 Å². The molecule has 2 atom stereocenters. The second-order valence-electron chi connectivity index (χ2n) is 6.77. The number of aromatic nitrogens is 2. The van der Waals surface area contributed by atoms with E-state index in [2.05, 4.69) is 27.0 Å². The van der Waals surface area contributed by atoms with Gasteiger partial charge in [-0.15, -0.1) is 0 Å². The fourth-order valence-corrected chi connectivity index (χ4v) is 3.59. The van der Waals surface area contributed by atoms with Crippen LogP contribution in [0.4, 0.5) is 0 Å². The van der Waals surface area contributed by atoms with E-state index in [0.29, 0.717) is 6.54 Å². The van der Waals surface area contributed by atoms with Crippen LogP contribution in [-0.4, -0.2) is 57.5 Å². The van der Waals surface area contributed by atoms with Crippen LogP contribution in [0.15, 0.2) is 42.7 Å². The lowest BCUT2D eigenvalue weighted by Crippen LogP contribution is -2.53. The molecule has 130 valence electrons. The molecular formula is C19H22N4O2. The van der Waals surface area contributed by atoms with E-state index in [1.165, 1.54) is 0 Å². The van der Waals surface area contributed by atoms with Crippen LogP contribution in [0.2, 0.25) is 0 Å². The van der Waals surface area contributed by atoms with Crippen molar-refractivity contribution in [3.8, 4) is 0 Å². The smallest absolute Gasteiger partial charge is 0.249 e. The summed E-state index contributed by atoms with van der Waals surface area (Å²) in [5.41, 5.74) is 3.02. The summed E-state index contributed by atoms with van der Waals surface area (Å²) < 4.78 is 5.80. The highest BCUT2D eigenvalue weighted by atomic mass is 16.5. The van der Waals surface area contributed by atoms with Gasteiger partial charge in [0.15, 0.2) is 0 Å². The monoisotopic (exact) mass is 338 g/mol. The van der Waals surface area contributed by atoms with Crippen LogP contribution in [0, 0.1) is 6.92 Å². The highest BCUT2D eigenvalue weighted by Crippen LogP contribution is 2.26. The van der Waals surface area contributed by atoms with E-state index >= 15 is 0 Å². The molecule has 0 aliphatic carbocycles. The topological polar surface area (TPSA) is 58.6 Å². The van der Waals surface area contributed by atoms with Crippen LogP contribution < -0.4 is 0 Å². The second-order valence-corrected chi connectivity index (χ2v) is 6.77. The summed E-state index contributed by atoms with van der Waals surface area (Å²) in [6.07, 6.45) is 3.69. The Morgan fingerprint density at radius 2 is 1.96 bits per heavy atom. The first-order valence-corrected chi connectivity index (χ1v) is 8.64. The van der Waals surface area contributed by atoms with Crippen molar-refractivity contribution in [3.63, 3.8) is 0 Å². The first kappa shape index (κ1) is 16.2. The van der Waals surface area contributed by atoms with Gasteiger partial charge in [-0.1, -0.05) is 30.3 Å². The van der Waals surface area contributed by atoms with Gasteiger partial charge in [-0.2, -0.15) is 0 Å². The molecule has 1 aromatic carbocycles. The van der Waals surface area contributed by atoms with Gasteiger partial charge in [0.2, 0.25) is 5.91 Å². The van der Waals surface area contributed by atoms with Crippen molar-refractivity contribution in [2.24, 2.45) is 0 Å². The summed E-state index contributed by atoms with van der Waals surface area (Å²) in [7, 11) is 0. The standard InChI is InChI=1S/C19H22N4O2/c1-14-7-21-16(8-20-14)10-22-11-17-18(12-22)25-13-19(24)23(17)9-15-5-3-2-4-6-15/h2-8,17-18H,9-13H2,1H3/t17-,18-/m1/s1. The second kappa shape index (κ2) is 6.90. The van der Waals surface area contributed by atoms with Gasteiger partial charge in [0, 0.05) is 38.6 Å². The molecule has 2 aliphatic heterocycles. The summed E-state index contributed by atoms with van der Waals surface area (Å²) in [5, 5.41) is 0. The van der Waals surface area contributed by atoms with Gasteiger partial charge in [-0.25, -0.2) is 0 Å². The zero-order valence-corrected chi connectivity index (χ0v) is 14.3. The molecule has 0 saturated carbocycles. The lowest BCUT2D eigenvalue weighted by atomic mass is 10.1. The highest BCUT2D eigenvalue weighted by Gasteiger charge is 2.43. The van der Waals surface area contributed by atoms with Crippen molar-refractivity contribution in [1.82, 2.24) is 19.8 Å². The molecule has 25 heavy (non-hydrogen) atoms. The van der Waals surface area contributed by atoms with Crippen LogP contribution in [0.5, 0.6) is 0 Å². The molecule has 6 heteroatoms. The number of amides is 1. The lowest BCUT2D eigenvalue weighted by Gasteiger charge is -2.36. The average Bonchev–Trinajstić information content (AvgIpc) is 3.03. The quantitative estimate of drug-likeness (QED) is 0.843. The number of benzene rings is 1. The zero-order chi connectivity index (χ0) is 17.2. The van der Waals surface area contributed by atoms with Crippen molar-refractivity contribution >= 4 is 5.91 Å². The van der Waals surface area contributed by atoms with Crippen LogP contribution >= 0.6 is 0 Å². The third kappa shape index (κ3) is 3.55. The predicted molar refractivity (Wildman–Crippen MR) is 92.6 cm³/mol. The molecule has 2 saturated heterocycles. The highest BCUT2D eigenvalue weighted by molar-refractivity contribution is 5.78. The Balaban J connectivity index is 1.46. The Kier molecular flexibility index (Phi) is 4.46. The third-order valence-corrected chi connectivity index (χ3v) is 4.87. The van der Waals surface area contributed by atoms with E-state index in [1.54, 1.807) is 6.20 Å². The number of hydrogen-bond acceptors (Lipinski definition) is 5. The Morgan fingerprint density at radius 1 is 1.12 bits per heavy atom. The van der Waals surface area contributed by atoms with Gasteiger partial charge in [0.05, 0.1) is 23.5 Å². The Hall–Kier alpha value is -2.31. The molecule has 0 unspecified atom stereocenters. The normalized spacial score (nSPS) is 23.7. The number of fused-ring (bicyclic) bond motifs is 1. The molecule has 2 fully saturated rings. The minimum Gasteiger partial charge on any atom is -0.365 e. The molecule has 0 bridgehead atoms. The summed E-state index contributed by atoms with van der Waals surface area (Å²) in [6.45, 7) is 5.10. The third-order valence-electron chi connectivity index (χ3n) is 4.87. The van der Waals surface area contributed by atoms with Crippen LogP contribution in [0.25, 0.3) is 0 Å². The number of nitrogens with zero attached hydrogens (tertiary/aromatic N) is 4. The molecular weight excluding hydrogens is 316 g/mol. The van der Waals surface area contributed by atoms with Gasteiger partial charge in [-0.3, -0.25) is 19.7 Å². The maximum absolute atomic E-state index is 12.4. The van der Waals surface area contributed by atoms with E-state index in [4.69, 9.17) is 4.74 Å². The summed E-state index contributed by atoms with van der Waals surface area (Å²) in [5.74, 6) is 0.0714. The Labute approximate surface area is 147 Å². The van der Waals surface area contributed by atoms with Gasteiger partial charge >= 0.3 is 0 Å². The summed E-state index contributed by atoms with van der Waals surface area (Å²) >= 11 is 0. The van der Waals surface area contributed by atoms with Crippen LogP contribution in [0.1, 0.15) is 17.0 Å². The molecule has 0 spiro atoms. The van der Waals surface area contributed by atoms with Crippen molar-refractivity contribution in [3.05, 3.63) is 59.7 Å². The van der Waals surface area contributed by atoms with Gasteiger partial charge < -0.3 is 9.64 Å². The minimum atomic E-state index is 0.0693. The van der Waals surface area contributed by atoms with Gasteiger partial charge in [0.1, 0.15) is 6.61 Å². The first-order valence-electron chi connectivity index (χ1n) is 8.64. The Bertz CT molecular complexity index is 735. The SMILES string of the molecule is Cc1cnc(CN2C[C@@H]3[C@@H](C2)OCC(=O)N3Cc2ccccc2)cn1. The molecule has 2 aromatic rings. The number of ether oxygens (including phenoxy) is 1. The van der Waals surface area contributed by atoms with Gasteiger partial charge in [0.25, 0.3) is 0 Å². The molecule has 0 N–H and O–H groups in total. The maximum atomic E-state index is 12.4. The average molecular weight is 338 g/mol. The molecule has 4 rings (SSSR count). The fraction of sp³-hybridized carbons (Fsp3) is 0.421. The number of carbonyl (C=O) groups excluding carboxylic acids is 1. The molecule has 2 aliphatic rings. The fourth-order valence-electron chi connectivity index (χ4n) is 3.59. The number of aryl methyl sites for hydroxylation is 1. The van der Waals surface area contributed by atoms with Crippen molar-refractivity contribution in [2.75, 3.05) is 19.7 Å². The minimum absolute atomic E-state index is 0.0693. The van der Waals surface area contributed by atoms with E-state index < -0.39 is 0 Å². The number of rotatable bonds is 4. The summed E-state index contributed by atoms with van der Waals surface area (Å²) in [4.78, 5) is 25.4. The zero-order valence-electron chi connectivity index (χ0n) is 14.3. The maximum Gasteiger partial charge on any atom is 0.249 e. The molecule has 1 amide bonds. The van der Waals surface area contributed by atoms with Gasteiger partial charge in [-0.05, 0) is 12.5 Å². The van der Waals surface area contributed by atoms with E-state index in [0.717, 1.165) is 36.6 Å². The lowest BCUT2D eigenvalue weighted by molar-refractivity contribution is -0.153. The largest absolute Gasteiger partial charge is 0.365 e. The van der Waals surface area contributed by atoms with Crippen molar-refractivity contribution in [1.29, 1.82) is 0 Å². The molecule has 6 nitrogen and oxygen atoms in total. The van der Waals surface area contributed by atoms with Crippen LogP contribution in [0.3, 0.4) is 0 Å². The number of morpholine rings is 1. The Morgan fingerprint density at radius 3 is 2.72 bits per heavy atom. The first-order chi connectivity index (χ1) is 12.2. The van der Waals surface area contributed by atoms with Crippen molar-refractivity contribution < 1.29 is 9.53 Å².